The number of nitrogens with one attached hydrogen (secondary N) is 2. The zero-order valence-corrected chi connectivity index (χ0v) is 11.3. The second kappa shape index (κ2) is 5.34. The molecule has 0 fully saturated rings. The Morgan fingerprint density at radius 1 is 1.30 bits per heavy atom. The molecule has 1 aliphatic rings. The molecule has 2 aromatic rings. The van der Waals surface area contributed by atoms with Gasteiger partial charge < -0.3 is 21.1 Å². The van der Waals surface area contributed by atoms with Crippen LogP contribution < -0.4 is 21.1 Å². The van der Waals surface area contributed by atoms with Crippen LogP contribution in [-0.4, -0.2) is 23.6 Å². The third-order valence-corrected chi connectivity index (χ3v) is 3.32. The Labute approximate surface area is 117 Å². The van der Waals surface area contributed by atoms with Gasteiger partial charge in [-0.05, 0) is 25.1 Å². The number of para-hydroxylation sites is 2. The van der Waals surface area contributed by atoms with Crippen LogP contribution in [0.25, 0.3) is 0 Å². The molecule has 0 spiro atoms. The van der Waals surface area contributed by atoms with Crippen molar-refractivity contribution >= 4 is 17.5 Å². The second-order valence-corrected chi connectivity index (χ2v) is 4.61. The van der Waals surface area contributed by atoms with E-state index < -0.39 is 0 Å². The summed E-state index contributed by atoms with van der Waals surface area (Å²) in [6.45, 7) is 1.64. The fourth-order valence-electron chi connectivity index (χ4n) is 2.31. The Kier molecular flexibility index (Phi) is 3.39. The lowest BCUT2D eigenvalue weighted by Crippen LogP contribution is -2.26. The quantitative estimate of drug-likeness (QED) is 0.783. The van der Waals surface area contributed by atoms with Crippen LogP contribution in [0.1, 0.15) is 11.3 Å². The Morgan fingerprint density at radius 3 is 3.00 bits per heavy atom. The first-order valence-corrected chi connectivity index (χ1v) is 6.54. The van der Waals surface area contributed by atoms with Gasteiger partial charge in [0, 0.05) is 12.1 Å². The smallest absolute Gasteiger partial charge is 0.229 e. The molecule has 3 rings (SSSR count). The Bertz CT molecular complexity index is 629. The van der Waals surface area contributed by atoms with Gasteiger partial charge >= 0.3 is 0 Å². The third-order valence-electron chi connectivity index (χ3n) is 3.32. The van der Waals surface area contributed by atoms with Crippen LogP contribution in [0.5, 0.6) is 5.75 Å². The highest BCUT2D eigenvalue weighted by Gasteiger charge is 2.16. The molecule has 0 aliphatic carbocycles. The van der Waals surface area contributed by atoms with Gasteiger partial charge in [0.1, 0.15) is 11.6 Å². The lowest BCUT2D eigenvalue weighted by Gasteiger charge is -2.18. The summed E-state index contributed by atoms with van der Waals surface area (Å²) in [4.78, 5) is 8.85. The minimum Gasteiger partial charge on any atom is -0.495 e. The number of methoxy groups -OCH3 is 1. The van der Waals surface area contributed by atoms with Crippen molar-refractivity contribution in [3.05, 3.63) is 35.5 Å². The largest absolute Gasteiger partial charge is 0.495 e. The predicted octanol–water partition coefficient (Wildman–Crippen LogP) is 1.46. The molecular weight excluding hydrogens is 254 g/mol. The summed E-state index contributed by atoms with van der Waals surface area (Å²) in [6.07, 6.45) is 0.871. The SMILES string of the molecule is COc1ccccc1Nc1nc(N)c2c(n1)CNCC2. The molecule has 1 aliphatic heterocycles. The Morgan fingerprint density at radius 2 is 2.15 bits per heavy atom. The number of aromatic nitrogens is 2. The zero-order valence-electron chi connectivity index (χ0n) is 11.3. The van der Waals surface area contributed by atoms with Crippen LogP contribution in [0.3, 0.4) is 0 Å². The molecule has 0 saturated heterocycles. The van der Waals surface area contributed by atoms with Crippen molar-refractivity contribution in [2.75, 3.05) is 24.7 Å². The van der Waals surface area contributed by atoms with Gasteiger partial charge in [0.25, 0.3) is 0 Å². The summed E-state index contributed by atoms with van der Waals surface area (Å²) in [5.74, 6) is 1.79. The van der Waals surface area contributed by atoms with E-state index in [4.69, 9.17) is 10.5 Å². The van der Waals surface area contributed by atoms with E-state index in [-0.39, 0.29) is 0 Å². The zero-order chi connectivity index (χ0) is 13.9. The molecule has 6 nitrogen and oxygen atoms in total. The van der Waals surface area contributed by atoms with Crippen LogP contribution in [0, 0.1) is 0 Å². The van der Waals surface area contributed by atoms with Crippen LogP contribution >= 0.6 is 0 Å². The van der Waals surface area contributed by atoms with Gasteiger partial charge in [-0.3, -0.25) is 0 Å². The maximum Gasteiger partial charge on any atom is 0.229 e. The van der Waals surface area contributed by atoms with E-state index in [0.717, 1.165) is 42.2 Å². The minimum absolute atomic E-state index is 0.495. The maximum absolute atomic E-state index is 6.02. The van der Waals surface area contributed by atoms with Gasteiger partial charge in [-0.15, -0.1) is 0 Å². The van der Waals surface area contributed by atoms with E-state index in [9.17, 15) is 0 Å². The van der Waals surface area contributed by atoms with Crippen LogP contribution in [0.15, 0.2) is 24.3 Å². The highest BCUT2D eigenvalue weighted by atomic mass is 16.5. The maximum atomic E-state index is 6.02. The standard InChI is InChI=1S/C14H17N5O/c1-20-12-5-3-2-4-10(12)17-14-18-11-8-16-7-6-9(11)13(15)19-14/h2-5,16H,6-8H2,1H3,(H3,15,17,18,19). The molecule has 0 amide bonds. The number of ether oxygens (including phenoxy) is 1. The summed E-state index contributed by atoms with van der Waals surface area (Å²) in [6, 6.07) is 7.63. The molecule has 104 valence electrons. The predicted molar refractivity (Wildman–Crippen MR) is 78.1 cm³/mol. The fourth-order valence-corrected chi connectivity index (χ4v) is 2.31. The molecule has 0 bridgehead atoms. The highest BCUT2D eigenvalue weighted by Crippen LogP contribution is 2.27. The van der Waals surface area contributed by atoms with Crippen molar-refractivity contribution in [2.45, 2.75) is 13.0 Å². The van der Waals surface area contributed by atoms with Crippen molar-refractivity contribution in [2.24, 2.45) is 0 Å². The molecule has 1 aromatic carbocycles. The topological polar surface area (TPSA) is 85.1 Å². The number of anilines is 3. The molecule has 4 N–H and O–H groups in total. The van der Waals surface area contributed by atoms with E-state index in [1.807, 2.05) is 24.3 Å². The number of benzene rings is 1. The number of hydrogen-bond donors (Lipinski definition) is 3. The first kappa shape index (κ1) is 12.7. The summed E-state index contributed by atoms with van der Waals surface area (Å²) in [7, 11) is 1.63. The normalized spacial score (nSPS) is 13.7. The molecule has 0 atom stereocenters. The molecule has 2 heterocycles. The number of fused-ring (bicyclic) bond motifs is 1. The number of rotatable bonds is 3. The summed E-state index contributed by atoms with van der Waals surface area (Å²) >= 11 is 0. The van der Waals surface area contributed by atoms with Crippen LogP contribution in [-0.2, 0) is 13.0 Å². The number of nitrogens with zero attached hydrogens (tertiary/aromatic N) is 2. The lowest BCUT2D eigenvalue weighted by atomic mass is 10.1. The van der Waals surface area contributed by atoms with Crippen molar-refractivity contribution in [1.82, 2.24) is 15.3 Å². The molecular formula is C14H17N5O. The Hall–Kier alpha value is -2.34. The summed E-state index contributed by atoms with van der Waals surface area (Å²) < 4.78 is 5.30. The summed E-state index contributed by atoms with van der Waals surface area (Å²) in [5.41, 5.74) is 8.84. The summed E-state index contributed by atoms with van der Waals surface area (Å²) in [5, 5.41) is 6.44. The minimum atomic E-state index is 0.495. The van der Waals surface area contributed by atoms with Gasteiger partial charge in [-0.1, -0.05) is 12.1 Å². The van der Waals surface area contributed by atoms with Crippen molar-refractivity contribution in [3.8, 4) is 5.75 Å². The highest BCUT2D eigenvalue weighted by molar-refractivity contribution is 5.63. The molecule has 6 heteroatoms. The van der Waals surface area contributed by atoms with Crippen molar-refractivity contribution in [1.29, 1.82) is 0 Å². The first-order valence-electron chi connectivity index (χ1n) is 6.54. The number of hydrogen-bond acceptors (Lipinski definition) is 6. The van der Waals surface area contributed by atoms with E-state index in [1.165, 1.54) is 0 Å². The van der Waals surface area contributed by atoms with Crippen LogP contribution in [0.2, 0.25) is 0 Å². The van der Waals surface area contributed by atoms with Crippen molar-refractivity contribution in [3.63, 3.8) is 0 Å². The molecule has 0 radical (unpaired) electrons. The Balaban J connectivity index is 1.93. The average Bonchev–Trinajstić information content (AvgIpc) is 2.48. The van der Waals surface area contributed by atoms with Gasteiger partial charge in [0.2, 0.25) is 5.95 Å². The van der Waals surface area contributed by atoms with Crippen LogP contribution in [0.4, 0.5) is 17.5 Å². The van der Waals surface area contributed by atoms with Gasteiger partial charge in [-0.25, -0.2) is 4.98 Å². The lowest BCUT2D eigenvalue weighted by molar-refractivity contribution is 0.417. The number of nitrogens with two attached hydrogens (primary N) is 1. The van der Waals surface area contributed by atoms with E-state index in [1.54, 1.807) is 7.11 Å². The second-order valence-electron chi connectivity index (χ2n) is 4.61. The molecule has 0 saturated carbocycles. The molecule has 1 aromatic heterocycles. The van der Waals surface area contributed by atoms with E-state index in [0.29, 0.717) is 11.8 Å². The van der Waals surface area contributed by atoms with E-state index in [2.05, 4.69) is 20.6 Å². The average molecular weight is 271 g/mol. The van der Waals surface area contributed by atoms with E-state index >= 15 is 0 Å². The van der Waals surface area contributed by atoms with Crippen molar-refractivity contribution < 1.29 is 4.74 Å². The molecule has 0 unspecified atom stereocenters. The third kappa shape index (κ3) is 2.37. The number of nitrogen functional groups attached to an aromatic ring is 1. The van der Waals surface area contributed by atoms with Gasteiger partial charge in [0.15, 0.2) is 0 Å². The fraction of sp³-hybridized carbons (Fsp3) is 0.286. The first-order chi connectivity index (χ1) is 9.78. The van der Waals surface area contributed by atoms with Gasteiger partial charge in [0.05, 0.1) is 18.5 Å². The molecule has 20 heavy (non-hydrogen) atoms. The monoisotopic (exact) mass is 271 g/mol. The van der Waals surface area contributed by atoms with Gasteiger partial charge in [-0.2, -0.15) is 4.98 Å².